The van der Waals surface area contributed by atoms with Crippen LogP contribution < -0.4 is 9.73 Å². The highest BCUT2D eigenvalue weighted by Gasteiger charge is 2.24. The van der Waals surface area contributed by atoms with Crippen molar-refractivity contribution in [1.29, 1.82) is 0 Å². The number of imidazole rings is 1. The topological polar surface area (TPSA) is 90.7 Å². The lowest BCUT2D eigenvalue weighted by Crippen LogP contribution is -2.53. The number of aromatic nitrogens is 2. The van der Waals surface area contributed by atoms with Gasteiger partial charge in [0.1, 0.15) is 5.75 Å². The third kappa shape index (κ3) is 3.63. The highest BCUT2D eigenvalue weighted by Crippen LogP contribution is 2.19. The highest BCUT2D eigenvalue weighted by atomic mass is 32.2. The van der Waals surface area contributed by atoms with E-state index in [2.05, 4.69) is 14.7 Å². The van der Waals surface area contributed by atoms with E-state index in [-0.39, 0.29) is 10.8 Å². The summed E-state index contributed by atoms with van der Waals surface area (Å²) in [6.07, 6.45) is 2.92. The van der Waals surface area contributed by atoms with Crippen LogP contribution in [0.5, 0.6) is 5.75 Å². The van der Waals surface area contributed by atoms with E-state index in [4.69, 9.17) is 0 Å². The van der Waals surface area contributed by atoms with Gasteiger partial charge in [-0.05, 0) is 24.3 Å². The van der Waals surface area contributed by atoms with Crippen LogP contribution in [0.25, 0.3) is 0 Å². The maximum absolute atomic E-state index is 12.2. The highest BCUT2D eigenvalue weighted by molar-refractivity contribution is 7.89. The molecule has 2 aromatic rings. The smallest absolute Gasteiger partial charge is 0.272 e. The number of aromatic hydroxyl groups is 1. The van der Waals surface area contributed by atoms with Gasteiger partial charge in [-0.2, -0.15) is 0 Å². The van der Waals surface area contributed by atoms with Gasteiger partial charge in [0.15, 0.2) is 5.03 Å². The fourth-order valence-corrected chi connectivity index (χ4v) is 3.57. The molecule has 1 aromatic carbocycles. The molecular formula is C14H19N5O3S. The first kappa shape index (κ1) is 15.8. The third-order valence-corrected chi connectivity index (χ3v) is 4.96. The normalized spacial score (nSPS) is 16.7. The number of hydrogen-bond acceptors (Lipinski definition) is 6. The molecule has 8 nitrogen and oxygen atoms in total. The van der Waals surface area contributed by atoms with E-state index in [1.165, 1.54) is 12.5 Å². The summed E-state index contributed by atoms with van der Waals surface area (Å²) in [7, 11) is -1.91. The molecule has 0 saturated carbocycles. The third-order valence-electron chi connectivity index (χ3n) is 3.70. The SMILES string of the molecule is Cn1cnc(S(=O)(=O)NN2CCN(c3ccc(O)cc3)CC2)c1. The van der Waals surface area contributed by atoms with Crippen molar-refractivity contribution >= 4 is 15.7 Å². The van der Waals surface area contributed by atoms with Crippen molar-refractivity contribution in [2.24, 2.45) is 7.05 Å². The molecule has 0 atom stereocenters. The number of phenolic OH excluding ortho intramolecular Hbond substituents is 1. The van der Waals surface area contributed by atoms with Crippen LogP contribution in [0.2, 0.25) is 0 Å². The summed E-state index contributed by atoms with van der Waals surface area (Å²) in [5, 5.41) is 11.0. The summed E-state index contributed by atoms with van der Waals surface area (Å²) in [5.74, 6) is 0.232. The Hall–Kier alpha value is -2.10. The number of anilines is 1. The molecule has 0 radical (unpaired) electrons. The second-order valence-electron chi connectivity index (χ2n) is 5.46. The van der Waals surface area contributed by atoms with Gasteiger partial charge in [0.05, 0.1) is 6.33 Å². The van der Waals surface area contributed by atoms with Crippen LogP contribution in [-0.4, -0.2) is 54.3 Å². The number of rotatable bonds is 4. The number of phenols is 1. The Morgan fingerprint density at radius 1 is 1.13 bits per heavy atom. The Kier molecular flexibility index (Phi) is 4.24. The minimum absolute atomic E-state index is 0.0148. The fourth-order valence-electron chi connectivity index (χ4n) is 2.46. The zero-order valence-corrected chi connectivity index (χ0v) is 13.6. The first-order valence-corrected chi connectivity index (χ1v) is 8.72. The fraction of sp³-hybridized carbons (Fsp3) is 0.357. The van der Waals surface area contributed by atoms with Gasteiger partial charge >= 0.3 is 0 Å². The van der Waals surface area contributed by atoms with Crippen molar-refractivity contribution in [2.75, 3.05) is 31.1 Å². The average molecular weight is 337 g/mol. The molecule has 1 aliphatic rings. The second-order valence-corrected chi connectivity index (χ2v) is 7.07. The summed E-state index contributed by atoms with van der Waals surface area (Å²) >= 11 is 0. The van der Waals surface area contributed by atoms with Crippen LogP contribution in [0.3, 0.4) is 0 Å². The van der Waals surface area contributed by atoms with Crippen LogP contribution in [0, 0.1) is 0 Å². The van der Waals surface area contributed by atoms with Gasteiger partial charge in [-0.15, -0.1) is 4.83 Å². The van der Waals surface area contributed by atoms with E-state index < -0.39 is 10.0 Å². The molecule has 23 heavy (non-hydrogen) atoms. The number of nitrogens with one attached hydrogen (secondary N) is 1. The average Bonchev–Trinajstić information content (AvgIpc) is 2.96. The van der Waals surface area contributed by atoms with Crippen molar-refractivity contribution in [1.82, 2.24) is 19.4 Å². The number of hydrazine groups is 1. The lowest BCUT2D eigenvalue weighted by atomic mass is 10.2. The summed E-state index contributed by atoms with van der Waals surface area (Å²) < 4.78 is 26.1. The van der Waals surface area contributed by atoms with E-state index in [1.54, 1.807) is 28.8 Å². The van der Waals surface area contributed by atoms with E-state index in [1.807, 2.05) is 12.1 Å². The minimum atomic E-state index is -3.63. The van der Waals surface area contributed by atoms with E-state index in [0.717, 1.165) is 5.69 Å². The van der Waals surface area contributed by atoms with E-state index in [9.17, 15) is 13.5 Å². The maximum atomic E-state index is 12.2. The summed E-state index contributed by atoms with van der Waals surface area (Å²) in [6.45, 7) is 2.50. The number of piperazine rings is 1. The number of benzene rings is 1. The van der Waals surface area contributed by atoms with Crippen LogP contribution in [0.1, 0.15) is 0 Å². The first-order valence-electron chi connectivity index (χ1n) is 7.23. The van der Waals surface area contributed by atoms with Crippen LogP contribution in [0.4, 0.5) is 5.69 Å². The van der Waals surface area contributed by atoms with E-state index in [0.29, 0.717) is 26.2 Å². The Morgan fingerprint density at radius 2 is 1.78 bits per heavy atom. The Labute approximate surface area is 135 Å². The summed E-state index contributed by atoms with van der Waals surface area (Å²) in [4.78, 5) is 8.59. The predicted molar refractivity (Wildman–Crippen MR) is 85.4 cm³/mol. The van der Waals surface area contributed by atoms with Gasteiger partial charge in [0.2, 0.25) is 0 Å². The number of hydrogen-bond donors (Lipinski definition) is 2. The first-order chi connectivity index (χ1) is 10.9. The lowest BCUT2D eigenvalue weighted by molar-refractivity contribution is 0.226. The van der Waals surface area contributed by atoms with Crippen molar-refractivity contribution in [3.8, 4) is 5.75 Å². The Bertz CT molecular complexity index is 764. The van der Waals surface area contributed by atoms with Crippen LogP contribution in [0.15, 0.2) is 41.8 Å². The van der Waals surface area contributed by atoms with Gasteiger partial charge in [0, 0.05) is 45.1 Å². The van der Waals surface area contributed by atoms with Gasteiger partial charge in [0.25, 0.3) is 10.0 Å². The molecule has 0 aliphatic carbocycles. The largest absolute Gasteiger partial charge is 0.508 e. The summed E-state index contributed by atoms with van der Waals surface area (Å²) in [6, 6.07) is 6.99. The van der Waals surface area contributed by atoms with E-state index >= 15 is 0 Å². The van der Waals surface area contributed by atoms with Crippen molar-refractivity contribution in [2.45, 2.75) is 5.03 Å². The molecule has 0 unspecified atom stereocenters. The predicted octanol–water partition coefficient (Wildman–Crippen LogP) is 0.141. The van der Waals surface area contributed by atoms with Gasteiger partial charge < -0.3 is 14.6 Å². The number of aryl methyl sites for hydroxylation is 1. The molecule has 124 valence electrons. The molecular weight excluding hydrogens is 318 g/mol. The Balaban J connectivity index is 1.60. The minimum Gasteiger partial charge on any atom is -0.508 e. The molecule has 2 heterocycles. The van der Waals surface area contributed by atoms with Crippen molar-refractivity contribution in [3.05, 3.63) is 36.8 Å². The molecule has 1 aliphatic heterocycles. The maximum Gasteiger partial charge on any atom is 0.272 e. The van der Waals surface area contributed by atoms with Crippen LogP contribution >= 0.6 is 0 Å². The second kappa shape index (κ2) is 6.19. The number of sulfonamides is 1. The Morgan fingerprint density at radius 3 is 2.35 bits per heavy atom. The monoisotopic (exact) mass is 337 g/mol. The zero-order chi connectivity index (χ0) is 16.4. The molecule has 1 fully saturated rings. The standard InChI is InChI=1S/C14H19N5O3S/c1-17-10-14(15-11-17)23(21,22)16-19-8-6-18(7-9-19)12-2-4-13(20)5-3-12/h2-5,10-11,16,20H,6-9H2,1H3. The zero-order valence-electron chi connectivity index (χ0n) is 12.8. The number of nitrogens with zero attached hydrogens (tertiary/aromatic N) is 4. The summed E-state index contributed by atoms with van der Waals surface area (Å²) in [5.41, 5.74) is 1.01. The van der Waals surface area contributed by atoms with Crippen molar-refractivity contribution < 1.29 is 13.5 Å². The molecule has 0 spiro atoms. The molecule has 2 N–H and O–H groups in total. The molecule has 3 rings (SSSR count). The molecule has 0 bridgehead atoms. The quantitative estimate of drug-likeness (QED) is 0.825. The van der Waals surface area contributed by atoms with Gasteiger partial charge in [-0.1, -0.05) is 0 Å². The molecule has 0 amide bonds. The van der Waals surface area contributed by atoms with Gasteiger partial charge in [-0.3, -0.25) is 0 Å². The molecule has 9 heteroatoms. The van der Waals surface area contributed by atoms with Crippen molar-refractivity contribution in [3.63, 3.8) is 0 Å². The van der Waals surface area contributed by atoms with Crippen LogP contribution in [-0.2, 0) is 17.1 Å². The lowest BCUT2D eigenvalue weighted by Gasteiger charge is -2.35. The molecule has 1 saturated heterocycles. The van der Waals surface area contributed by atoms with Gasteiger partial charge in [-0.25, -0.2) is 18.4 Å². The molecule has 1 aromatic heterocycles.